The number of hydrogen-bond acceptors (Lipinski definition) is 3. The van der Waals surface area contributed by atoms with Gasteiger partial charge in [-0.3, -0.25) is 0 Å². The number of hydrogen-bond donors (Lipinski definition) is 0. The molecule has 0 unspecified atom stereocenters. The highest BCUT2D eigenvalue weighted by Crippen LogP contribution is 2.35. The Morgan fingerprint density at radius 1 is 0.367 bits per heavy atom. The summed E-state index contributed by atoms with van der Waals surface area (Å²) < 4.78 is 106. The van der Waals surface area contributed by atoms with Crippen LogP contribution >= 0.6 is 0 Å². The zero-order valence-corrected chi connectivity index (χ0v) is 25.7. The van der Waals surface area contributed by atoms with Gasteiger partial charge in [0.05, 0.1) is 27.5 Å². The van der Waals surface area contributed by atoms with Crippen LogP contribution in [0.25, 0.3) is 83.9 Å². The molecule has 4 heteroatoms. The van der Waals surface area contributed by atoms with Gasteiger partial charge in [0.2, 0.25) is 0 Å². The first-order valence-electron chi connectivity index (χ1n) is 21.5. The fraction of sp³-hybridized carbons (Fsp3) is 0. The lowest BCUT2D eigenvalue weighted by molar-refractivity contribution is 1.07. The molecule has 0 fully saturated rings. The van der Waals surface area contributed by atoms with E-state index in [0.717, 1.165) is 22.3 Å². The normalized spacial score (nSPS) is 14.7. The molecule has 2 aromatic heterocycles. The molecule has 0 bridgehead atoms. The van der Waals surface area contributed by atoms with Crippen molar-refractivity contribution in [2.75, 3.05) is 0 Å². The van der Waals surface area contributed by atoms with E-state index in [2.05, 4.69) is 0 Å². The lowest BCUT2D eigenvalue weighted by Crippen LogP contribution is -2.00. The molecule has 230 valence electrons. The minimum Gasteiger partial charge on any atom is -0.309 e. The first-order valence-corrected chi connectivity index (χ1v) is 15.5. The summed E-state index contributed by atoms with van der Waals surface area (Å²) in [5, 5.41) is -0.258. The molecule has 49 heavy (non-hydrogen) atoms. The van der Waals surface area contributed by atoms with E-state index in [1.807, 2.05) is 84.9 Å². The highest BCUT2D eigenvalue weighted by molar-refractivity contribution is 6.10. The number of rotatable bonds is 6. The van der Waals surface area contributed by atoms with Crippen molar-refractivity contribution in [2.24, 2.45) is 0 Å². The summed E-state index contributed by atoms with van der Waals surface area (Å²) in [6, 6.07) is 27.0. The van der Waals surface area contributed by atoms with Gasteiger partial charge in [0.15, 0.2) is 17.5 Å². The summed E-state index contributed by atoms with van der Waals surface area (Å²) in [5.74, 6) is 1.22. The summed E-state index contributed by atoms with van der Waals surface area (Å²) >= 11 is 0. The third kappa shape index (κ3) is 5.35. The molecule has 7 aromatic carbocycles. The standard InChI is InChI=1S/C45H30N4/c1-4-12-31(13-5-1)33-20-22-35(23-21-33)44-46-43(34-16-8-3-9-17-34)47-45(48-44)36-24-27-38(28-25-36)49-41-19-11-10-18-39(41)40-30-37(26-29-42(40)49)32-14-6-2-7-15-32/h1-30H/i2D,6D,7D,10D,11D,14D,15D,18D,19D,26D,29D,30D. The summed E-state index contributed by atoms with van der Waals surface area (Å²) in [7, 11) is 0. The van der Waals surface area contributed by atoms with Gasteiger partial charge in [-0.25, -0.2) is 15.0 Å². The first kappa shape index (κ1) is 18.6. The molecule has 0 amide bonds. The molecule has 0 aliphatic heterocycles. The van der Waals surface area contributed by atoms with Crippen LogP contribution < -0.4 is 0 Å². The van der Waals surface area contributed by atoms with Crippen molar-refractivity contribution < 1.29 is 16.4 Å². The SMILES string of the molecule is [2H]c1c([2H])c([2H])c(-c2c([2H])c([2H])c3c(c2[2H])c2c([2H])c([2H])c([2H])c([2H])c2n3-c2ccc(-c3nc(-c4ccccc4)nc(-c4ccc(-c5ccccc5)cc4)n3)cc2)c([2H])c1[2H]. The summed E-state index contributed by atoms with van der Waals surface area (Å²) in [5.41, 5.74) is 3.49. The van der Waals surface area contributed by atoms with E-state index in [4.69, 9.17) is 28.7 Å². The highest BCUT2D eigenvalue weighted by atomic mass is 15.0. The Morgan fingerprint density at radius 2 is 0.857 bits per heavy atom. The van der Waals surface area contributed by atoms with E-state index in [9.17, 15) is 2.74 Å². The first-order chi connectivity index (χ1) is 29.3. The molecule has 0 aliphatic carbocycles. The van der Waals surface area contributed by atoms with Gasteiger partial charge in [-0.15, -0.1) is 0 Å². The van der Waals surface area contributed by atoms with E-state index in [1.165, 1.54) is 4.57 Å². The van der Waals surface area contributed by atoms with Crippen LogP contribution in [0.1, 0.15) is 16.4 Å². The van der Waals surface area contributed by atoms with Crippen LogP contribution in [-0.4, -0.2) is 19.5 Å². The molecule has 0 saturated heterocycles. The molecule has 9 rings (SSSR count). The maximum absolute atomic E-state index is 9.41. The zero-order chi connectivity index (χ0) is 43.0. The van der Waals surface area contributed by atoms with Gasteiger partial charge in [0.25, 0.3) is 0 Å². The molecular weight excluding hydrogens is 597 g/mol. The highest BCUT2D eigenvalue weighted by Gasteiger charge is 2.15. The maximum Gasteiger partial charge on any atom is 0.164 e. The Bertz CT molecular complexity index is 3220. The summed E-state index contributed by atoms with van der Waals surface area (Å²) in [6.45, 7) is 0. The molecule has 0 spiro atoms. The van der Waals surface area contributed by atoms with Crippen molar-refractivity contribution in [3.63, 3.8) is 0 Å². The van der Waals surface area contributed by atoms with E-state index in [0.29, 0.717) is 28.7 Å². The minimum absolute atomic E-state index is 0.0684. The van der Waals surface area contributed by atoms with Gasteiger partial charge < -0.3 is 4.57 Å². The number of benzene rings is 7. The summed E-state index contributed by atoms with van der Waals surface area (Å²) in [4.78, 5) is 14.5. The fourth-order valence-corrected chi connectivity index (χ4v) is 5.83. The molecule has 4 nitrogen and oxygen atoms in total. The van der Waals surface area contributed by atoms with Crippen LogP contribution in [0.2, 0.25) is 0 Å². The van der Waals surface area contributed by atoms with Crippen LogP contribution in [0.5, 0.6) is 0 Å². The summed E-state index contributed by atoms with van der Waals surface area (Å²) in [6.07, 6.45) is 0. The predicted octanol–water partition coefficient (Wildman–Crippen LogP) is 11.3. The van der Waals surface area contributed by atoms with Crippen molar-refractivity contribution in [1.29, 1.82) is 0 Å². The lowest BCUT2D eigenvalue weighted by Gasteiger charge is -2.11. The molecule has 0 radical (unpaired) electrons. The van der Waals surface area contributed by atoms with Gasteiger partial charge in [-0.05, 0) is 64.6 Å². The van der Waals surface area contributed by atoms with Crippen LogP contribution in [-0.2, 0) is 0 Å². The average Bonchev–Trinajstić information content (AvgIpc) is 3.66. The van der Waals surface area contributed by atoms with Gasteiger partial charge in [0.1, 0.15) is 0 Å². The third-order valence-corrected chi connectivity index (χ3v) is 8.21. The molecule has 9 aromatic rings. The quantitative estimate of drug-likeness (QED) is 0.182. The Balaban J connectivity index is 1.24. The van der Waals surface area contributed by atoms with Gasteiger partial charge in [0, 0.05) is 33.2 Å². The Labute approximate surface area is 301 Å². The Hall–Kier alpha value is -6.65. The van der Waals surface area contributed by atoms with Crippen molar-refractivity contribution in [2.45, 2.75) is 0 Å². The minimum atomic E-state index is -0.687. The molecule has 0 aliphatic rings. The van der Waals surface area contributed by atoms with Gasteiger partial charge in [-0.1, -0.05) is 139 Å². The molecule has 0 saturated carbocycles. The fourth-order valence-electron chi connectivity index (χ4n) is 5.83. The Morgan fingerprint density at radius 3 is 1.51 bits per heavy atom. The van der Waals surface area contributed by atoms with Crippen molar-refractivity contribution in [3.05, 3.63) is 182 Å². The number of fused-ring (bicyclic) bond motifs is 3. The molecule has 0 atom stereocenters. The monoisotopic (exact) mass is 638 g/mol. The lowest BCUT2D eigenvalue weighted by atomic mass is 10.0. The second-order valence-electron chi connectivity index (χ2n) is 11.2. The second kappa shape index (κ2) is 12.2. The van der Waals surface area contributed by atoms with Crippen LogP contribution in [0.4, 0.5) is 0 Å². The van der Waals surface area contributed by atoms with E-state index in [1.54, 1.807) is 24.3 Å². The van der Waals surface area contributed by atoms with E-state index < -0.39 is 83.6 Å². The van der Waals surface area contributed by atoms with Crippen molar-refractivity contribution in [3.8, 4) is 62.1 Å². The molecule has 0 N–H and O–H groups in total. The van der Waals surface area contributed by atoms with Gasteiger partial charge >= 0.3 is 0 Å². The topological polar surface area (TPSA) is 43.6 Å². The van der Waals surface area contributed by atoms with Gasteiger partial charge in [-0.2, -0.15) is 0 Å². The predicted molar refractivity (Wildman–Crippen MR) is 201 cm³/mol. The molecule has 2 heterocycles. The van der Waals surface area contributed by atoms with E-state index in [-0.39, 0.29) is 21.8 Å². The van der Waals surface area contributed by atoms with Crippen LogP contribution in [0.15, 0.2) is 182 Å². The number of nitrogens with zero attached hydrogens (tertiary/aromatic N) is 4. The van der Waals surface area contributed by atoms with Crippen LogP contribution in [0.3, 0.4) is 0 Å². The maximum atomic E-state index is 9.41. The third-order valence-electron chi connectivity index (χ3n) is 8.21. The molecular formula is C45H30N4. The van der Waals surface area contributed by atoms with E-state index >= 15 is 0 Å². The average molecular weight is 639 g/mol. The largest absolute Gasteiger partial charge is 0.309 e. The van der Waals surface area contributed by atoms with Crippen molar-refractivity contribution >= 4 is 21.8 Å². The second-order valence-corrected chi connectivity index (χ2v) is 11.2. The smallest absolute Gasteiger partial charge is 0.164 e. The Kier molecular flexibility index (Phi) is 4.63. The van der Waals surface area contributed by atoms with Crippen LogP contribution in [0, 0.1) is 0 Å². The zero-order valence-electron chi connectivity index (χ0n) is 37.7. The number of para-hydroxylation sites is 1. The van der Waals surface area contributed by atoms with Crippen molar-refractivity contribution in [1.82, 2.24) is 19.5 Å². The number of aromatic nitrogens is 4.